The maximum Gasteiger partial charge on any atom is 0.336 e. The van der Waals surface area contributed by atoms with Gasteiger partial charge in [-0.05, 0) is 38.5 Å². The Balaban J connectivity index is 2.69. The summed E-state index contributed by atoms with van der Waals surface area (Å²) < 4.78 is 10.5. The Morgan fingerprint density at radius 3 is 2.38 bits per heavy atom. The van der Waals surface area contributed by atoms with Crippen molar-refractivity contribution in [1.82, 2.24) is 5.32 Å². The Bertz CT molecular complexity index is 882. The van der Waals surface area contributed by atoms with Crippen LogP contribution in [0.2, 0.25) is 5.02 Å². The highest BCUT2D eigenvalue weighted by Crippen LogP contribution is 2.40. The van der Waals surface area contributed by atoms with Crippen LogP contribution in [-0.2, 0) is 19.1 Å². The van der Waals surface area contributed by atoms with E-state index in [2.05, 4.69) is 5.32 Å². The molecule has 1 aromatic rings. The molecule has 0 spiro atoms. The number of thioether (sulfide) groups is 1. The van der Waals surface area contributed by atoms with Crippen LogP contribution in [0.15, 0.2) is 46.8 Å². The number of ether oxygens (including phenoxy) is 2. The third-order valence-corrected chi connectivity index (χ3v) is 5.17. The molecule has 0 amide bonds. The molecule has 0 fully saturated rings. The van der Waals surface area contributed by atoms with Gasteiger partial charge in [0.15, 0.2) is 5.17 Å². The minimum atomic E-state index is -0.726. The van der Waals surface area contributed by atoms with Crippen molar-refractivity contribution in [1.29, 1.82) is 5.41 Å². The van der Waals surface area contributed by atoms with Crippen molar-refractivity contribution in [3.63, 3.8) is 0 Å². The van der Waals surface area contributed by atoms with Gasteiger partial charge in [0.2, 0.25) is 0 Å². The van der Waals surface area contributed by atoms with E-state index in [4.69, 9.17) is 32.2 Å². The molecule has 0 aliphatic carbocycles. The standard InChI is InChI=1S/C20H24ClN3O4S/c1-4-27-18(25)15-11(3)24-14(10-29-20(22)23)17(19(26)28-5-2)16(15)12-7-6-8-13(21)9-12/h6-9,16,24H,4-5,10H2,1-3H3,(H3,22,23). The van der Waals surface area contributed by atoms with E-state index in [1.807, 2.05) is 0 Å². The first-order valence-electron chi connectivity index (χ1n) is 9.07. The first-order valence-corrected chi connectivity index (χ1v) is 10.4. The number of carbonyl (C=O) groups is 2. The number of rotatable bonds is 7. The van der Waals surface area contributed by atoms with Gasteiger partial charge >= 0.3 is 11.9 Å². The van der Waals surface area contributed by atoms with Crippen molar-refractivity contribution in [2.75, 3.05) is 19.0 Å². The molecule has 1 heterocycles. The molecular weight excluding hydrogens is 414 g/mol. The molecule has 0 saturated carbocycles. The van der Waals surface area contributed by atoms with E-state index in [9.17, 15) is 9.59 Å². The summed E-state index contributed by atoms with van der Waals surface area (Å²) in [4.78, 5) is 25.7. The summed E-state index contributed by atoms with van der Waals surface area (Å²) in [5, 5.41) is 11.0. The normalized spacial score (nSPS) is 16.3. The van der Waals surface area contributed by atoms with Gasteiger partial charge in [-0.3, -0.25) is 5.41 Å². The van der Waals surface area contributed by atoms with Crippen LogP contribution in [0.5, 0.6) is 0 Å². The van der Waals surface area contributed by atoms with Gasteiger partial charge in [0.05, 0.1) is 30.3 Å². The van der Waals surface area contributed by atoms with Gasteiger partial charge < -0.3 is 20.5 Å². The molecule has 1 aliphatic heterocycles. The Morgan fingerprint density at radius 1 is 1.21 bits per heavy atom. The Kier molecular flexibility index (Phi) is 8.16. The summed E-state index contributed by atoms with van der Waals surface area (Å²) in [6, 6.07) is 6.97. The number of benzene rings is 1. The van der Waals surface area contributed by atoms with E-state index in [-0.39, 0.29) is 29.7 Å². The van der Waals surface area contributed by atoms with E-state index in [1.165, 1.54) is 0 Å². The zero-order valence-electron chi connectivity index (χ0n) is 16.5. The van der Waals surface area contributed by atoms with Crippen molar-refractivity contribution in [2.45, 2.75) is 26.7 Å². The number of esters is 2. The van der Waals surface area contributed by atoms with Gasteiger partial charge in [0.25, 0.3) is 0 Å². The lowest BCUT2D eigenvalue weighted by atomic mass is 9.80. The highest BCUT2D eigenvalue weighted by atomic mass is 35.5. The summed E-state index contributed by atoms with van der Waals surface area (Å²) in [6.45, 7) is 5.54. The molecule has 2 rings (SSSR count). The zero-order valence-corrected chi connectivity index (χ0v) is 18.1. The molecule has 4 N–H and O–H groups in total. The molecule has 9 heteroatoms. The van der Waals surface area contributed by atoms with E-state index in [1.54, 1.807) is 45.0 Å². The molecule has 7 nitrogen and oxygen atoms in total. The smallest absolute Gasteiger partial charge is 0.336 e. The van der Waals surface area contributed by atoms with Crippen LogP contribution in [0.4, 0.5) is 0 Å². The number of dihydropyridines is 1. The second kappa shape index (κ2) is 10.4. The predicted octanol–water partition coefficient (Wildman–Crippen LogP) is 3.31. The highest BCUT2D eigenvalue weighted by molar-refractivity contribution is 8.13. The number of amidine groups is 1. The van der Waals surface area contributed by atoms with Gasteiger partial charge in [-0.15, -0.1) is 0 Å². The third kappa shape index (κ3) is 5.55. The molecule has 1 aliphatic rings. The fourth-order valence-corrected chi connectivity index (χ4v) is 3.84. The number of carbonyl (C=O) groups excluding carboxylic acids is 2. The number of halogens is 1. The van der Waals surface area contributed by atoms with E-state index in [0.29, 0.717) is 27.6 Å². The molecule has 156 valence electrons. The molecule has 1 atom stereocenters. The Morgan fingerprint density at radius 2 is 1.83 bits per heavy atom. The molecule has 29 heavy (non-hydrogen) atoms. The van der Waals surface area contributed by atoms with Gasteiger partial charge in [0, 0.05) is 22.2 Å². The van der Waals surface area contributed by atoms with Crippen molar-refractivity contribution in [3.05, 3.63) is 57.4 Å². The van der Waals surface area contributed by atoms with Gasteiger partial charge in [-0.1, -0.05) is 35.5 Å². The van der Waals surface area contributed by atoms with Crippen molar-refractivity contribution in [3.8, 4) is 0 Å². The minimum Gasteiger partial charge on any atom is -0.463 e. The molecule has 0 aromatic heterocycles. The van der Waals surface area contributed by atoms with Crippen LogP contribution in [0.25, 0.3) is 0 Å². The van der Waals surface area contributed by atoms with Crippen molar-refractivity contribution < 1.29 is 19.1 Å². The quantitative estimate of drug-likeness (QED) is 0.340. The number of nitrogens with two attached hydrogens (primary N) is 1. The lowest BCUT2D eigenvalue weighted by Gasteiger charge is -2.31. The monoisotopic (exact) mass is 437 g/mol. The highest BCUT2D eigenvalue weighted by Gasteiger charge is 2.39. The molecule has 1 aromatic carbocycles. The lowest BCUT2D eigenvalue weighted by Crippen LogP contribution is -2.34. The van der Waals surface area contributed by atoms with E-state index >= 15 is 0 Å². The fourth-order valence-electron chi connectivity index (χ4n) is 3.11. The van der Waals surface area contributed by atoms with Crippen LogP contribution >= 0.6 is 23.4 Å². The average Bonchev–Trinajstić information content (AvgIpc) is 2.65. The predicted molar refractivity (Wildman–Crippen MR) is 115 cm³/mol. The summed E-state index contributed by atoms with van der Waals surface area (Å²) >= 11 is 7.26. The number of hydrogen-bond acceptors (Lipinski definition) is 7. The van der Waals surface area contributed by atoms with E-state index in [0.717, 1.165) is 11.8 Å². The zero-order chi connectivity index (χ0) is 21.6. The topological polar surface area (TPSA) is 115 Å². The van der Waals surface area contributed by atoms with Crippen LogP contribution in [0.1, 0.15) is 32.3 Å². The first kappa shape index (κ1) is 22.8. The second-order valence-corrected chi connectivity index (χ2v) is 7.59. The molecular formula is C20H24ClN3O4S. The molecule has 0 radical (unpaired) electrons. The summed E-state index contributed by atoms with van der Waals surface area (Å²) in [5.74, 6) is -1.56. The SMILES string of the molecule is CCOC(=O)C1=C(C)NC(CSC(=N)N)=C(C(=O)OCC)C1c1cccc(Cl)c1. The number of allylic oxidation sites excluding steroid dienone is 1. The molecule has 1 unspecified atom stereocenters. The summed E-state index contributed by atoms with van der Waals surface area (Å²) in [7, 11) is 0. The summed E-state index contributed by atoms with van der Waals surface area (Å²) in [5.41, 5.74) is 7.81. The first-order chi connectivity index (χ1) is 13.8. The summed E-state index contributed by atoms with van der Waals surface area (Å²) in [6.07, 6.45) is 0. The fraction of sp³-hybridized carbons (Fsp3) is 0.350. The maximum absolute atomic E-state index is 12.9. The van der Waals surface area contributed by atoms with Crippen LogP contribution < -0.4 is 11.1 Å². The molecule has 0 bridgehead atoms. The average molecular weight is 438 g/mol. The van der Waals surface area contributed by atoms with Gasteiger partial charge in [-0.25, -0.2) is 9.59 Å². The van der Waals surface area contributed by atoms with Crippen LogP contribution in [0, 0.1) is 5.41 Å². The van der Waals surface area contributed by atoms with Crippen molar-refractivity contribution >= 4 is 40.5 Å². The lowest BCUT2D eigenvalue weighted by molar-refractivity contribution is -0.139. The Labute approximate surface area is 179 Å². The molecule has 0 saturated heterocycles. The van der Waals surface area contributed by atoms with Crippen LogP contribution in [0.3, 0.4) is 0 Å². The second-order valence-electron chi connectivity index (χ2n) is 6.14. The van der Waals surface area contributed by atoms with Crippen molar-refractivity contribution in [2.24, 2.45) is 5.73 Å². The minimum absolute atomic E-state index is 0.0837. The van der Waals surface area contributed by atoms with E-state index < -0.39 is 17.9 Å². The number of hydrogen-bond donors (Lipinski definition) is 3. The third-order valence-electron chi connectivity index (χ3n) is 4.19. The maximum atomic E-state index is 12.9. The van der Waals surface area contributed by atoms with Gasteiger partial charge in [0.1, 0.15) is 0 Å². The van der Waals surface area contributed by atoms with Gasteiger partial charge in [-0.2, -0.15) is 0 Å². The largest absolute Gasteiger partial charge is 0.463 e. The van der Waals surface area contributed by atoms with Crippen LogP contribution in [-0.4, -0.2) is 36.1 Å². The number of nitrogens with one attached hydrogen (secondary N) is 2. The Hall–Kier alpha value is -2.45.